The molecule has 1 aliphatic heterocycles. The van der Waals surface area contributed by atoms with Crippen molar-refractivity contribution in [2.24, 2.45) is 11.8 Å². The maximum absolute atomic E-state index is 12.9. The van der Waals surface area contributed by atoms with Crippen LogP contribution in [0.5, 0.6) is 0 Å². The van der Waals surface area contributed by atoms with Crippen molar-refractivity contribution >= 4 is 5.91 Å². The molecule has 1 aliphatic rings. The highest BCUT2D eigenvalue weighted by Gasteiger charge is 2.33. The monoisotopic (exact) mass is 325 g/mol. The lowest BCUT2D eigenvalue weighted by atomic mass is 9.93. The molecule has 1 aromatic carbocycles. The first kappa shape index (κ1) is 16.7. The number of nitrogens with zero attached hydrogens (tertiary/aromatic N) is 2. The van der Waals surface area contributed by atoms with Crippen LogP contribution >= 0.6 is 0 Å². The van der Waals surface area contributed by atoms with Crippen molar-refractivity contribution in [3.8, 4) is 11.3 Å². The normalized spacial score (nSPS) is 19.5. The molecule has 3 rings (SSSR count). The van der Waals surface area contributed by atoms with E-state index in [2.05, 4.69) is 35.9 Å². The van der Waals surface area contributed by atoms with Gasteiger partial charge in [-0.15, -0.1) is 0 Å². The zero-order chi connectivity index (χ0) is 17.1. The average molecular weight is 325 g/mol. The Bertz CT molecular complexity index is 677. The minimum Gasteiger partial charge on any atom is -0.340 e. The third-order valence-electron chi connectivity index (χ3n) is 5.17. The molecule has 0 saturated carbocycles. The van der Waals surface area contributed by atoms with E-state index < -0.39 is 0 Å². The van der Waals surface area contributed by atoms with Crippen molar-refractivity contribution < 1.29 is 4.79 Å². The highest BCUT2D eigenvalue weighted by molar-refractivity contribution is 5.79. The van der Waals surface area contributed by atoms with Crippen LogP contribution in [0.15, 0.2) is 36.5 Å². The summed E-state index contributed by atoms with van der Waals surface area (Å²) in [4.78, 5) is 23.0. The number of hydrogen-bond acceptors (Lipinski definition) is 2. The molecule has 1 aromatic heterocycles. The fourth-order valence-corrected chi connectivity index (χ4v) is 3.30. The van der Waals surface area contributed by atoms with Crippen LogP contribution in [0.25, 0.3) is 11.3 Å². The fourth-order valence-electron chi connectivity index (χ4n) is 3.30. The number of likely N-dealkylation sites (tertiary alicyclic amines) is 1. The van der Waals surface area contributed by atoms with E-state index >= 15 is 0 Å². The van der Waals surface area contributed by atoms with Gasteiger partial charge in [0.15, 0.2) is 0 Å². The first-order valence-corrected chi connectivity index (χ1v) is 8.98. The molecule has 2 atom stereocenters. The molecule has 0 aliphatic carbocycles. The molecule has 0 spiro atoms. The Hall–Kier alpha value is -2.10. The number of carbonyl (C=O) groups is 1. The second kappa shape index (κ2) is 7.20. The highest BCUT2D eigenvalue weighted by Crippen LogP contribution is 2.32. The smallest absolute Gasteiger partial charge is 0.226 e. The molecular formula is C20H27N3O. The lowest BCUT2D eigenvalue weighted by Gasteiger charge is -2.37. The molecule has 2 aromatic rings. The van der Waals surface area contributed by atoms with E-state index in [9.17, 15) is 4.79 Å². The number of H-pyrrole nitrogens is 1. The van der Waals surface area contributed by atoms with Crippen LogP contribution < -0.4 is 0 Å². The van der Waals surface area contributed by atoms with Gasteiger partial charge in [-0.25, -0.2) is 4.98 Å². The van der Waals surface area contributed by atoms with E-state index in [4.69, 9.17) is 0 Å². The van der Waals surface area contributed by atoms with Crippen molar-refractivity contribution in [1.82, 2.24) is 14.9 Å². The lowest BCUT2D eigenvalue weighted by molar-refractivity contribution is -0.140. The van der Waals surface area contributed by atoms with Crippen molar-refractivity contribution in [3.63, 3.8) is 0 Å². The SMILES string of the molecule is CC(C)C(C)C(=O)N1CCCCC1c1ncc(-c2ccccc2)[nH]1. The molecule has 24 heavy (non-hydrogen) atoms. The number of benzene rings is 1. The van der Waals surface area contributed by atoms with E-state index in [-0.39, 0.29) is 17.9 Å². The summed E-state index contributed by atoms with van der Waals surface area (Å²) >= 11 is 0. The third kappa shape index (κ3) is 3.37. The number of imidazole rings is 1. The van der Waals surface area contributed by atoms with Crippen LogP contribution in [0.2, 0.25) is 0 Å². The zero-order valence-electron chi connectivity index (χ0n) is 14.8. The van der Waals surface area contributed by atoms with Crippen molar-refractivity contribution in [2.75, 3.05) is 6.54 Å². The predicted octanol–water partition coefficient (Wildman–Crippen LogP) is 4.42. The molecule has 1 amide bonds. The molecular weight excluding hydrogens is 298 g/mol. The molecule has 2 heterocycles. The number of nitrogens with one attached hydrogen (secondary N) is 1. The summed E-state index contributed by atoms with van der Waals surface area (Å²) in [7, 11) is 0. The van der Waals surface area contributed by atoms with E-state index in [1.807, 2.05) is 36.2 Å². The number of carbonyl (C=O) groups excluding carboxylic acids is 1. The van der Waals surface area contributed by atoms with Crippen LogP contribution in [0.1, 0.15) is 51.9 Å². The number of hydrogen-bond donors (Lipinski definition) is 1. The molecule has 1 saturated heterocycles. The fraction of sp³-hybridized carbons (Fsp3) is 0.500. The second-order valence-corrected chi connectivity index (χ2v) is 7.12. The van der Waals surface area contributed by atoms with Crippen LogP contribution in [0.4, 0.5) is 0 Å². The van der Waals surface area contributed by atoms with Gasteiger partial charge >= 0.3 is 0 Å². The molecule has 4 heteroatoms. The van der Waals surface area contributed by atoms with E-state index in [0.29, 0.717) is 5.92 Å². The number of aromatic nitrogens is 2. The average Bonchev–Trinajstić information content (AvgIpc) is 3.11. The first-order chi connectivity index (χ1) is 11.6. The first-order valence-electron chi connectivity index (χ1n) is 8.98. The minimum absolute atomic E-state index is 0.0501. The molecule has 1 N–H and O–H groups in total. The van der Waals surface area contributed by atoms with Gasteiger partial charge < -0.3 is 9.88 Å². The Morgan fingerprint density at radius 2 is 1.96 bits per heavy atom. The Morgan fingerprint density at radius 1 is 1.21 bits per heavy atom. The minimum atomic E-state index is 0.0501. The summed E-state index contributed by atoms with van der Waals surface area (Å²) in [6.07, 6.45) is 5.09. The van der Waals surface area contributed by atoms with E-state index in [0.717, 1.165) is 42.9 Å². The highest BCUT2D eigenvalue weighted by atomic mass is 16.2. The Labute approximate surface area is 144 Å². The van der Waals surface area contributed by atoms with Gasteiger partial charge in [-0.2, -0.15) is 0 Å². The zero-order valence-corrected chi connectivity index (χ0v) is 14.8. The summed E-state index contributed by atoms with van der Waals surface area (Å²) in [6, 6.07) is 10.3. The van der Waals surface area contributed by atoms with Crippen LogP contribution in [-0.4, -0.2) is 27.3 Å². The number of aromatic amines is 1. The Morgan fingerprint density at radius 3 is 2.67 bits per heavy atom. The van der Waals surface area contributed by atoms with Crippen LogP contribution in [0, 0.1) is 11.8 Å². The van der Waals surface area contributed by atoms with Gasteiger partial charge in [0.2, 0.25) is 5.91 Å². The summed E-state index contributed by atoms with van der Waals surface area (Å²) < 4.78 is 0. The summed E-state index contributed by atoms with van der Waals surface area (Å²) in [5, 5.41) is 0. The van der Waals surface area contributed by atoms with Gasteiger partial charge in [0.25, 0.3) is 0 Å². The maximum atomic E-state index is 12.9. The van der Waals surface area contributed by atoms with Gasteiger partial charge in [-0.05, 0) is 30.7 Å². The maximum Gasteiger partial charge on any atom is 0.226 e. The van der Waals surface area contributed by atoms with Crippen LogP contribution in [-0.2, 0) is 4.79 Å². The largest absolute Gasteiger partial charge is 0.340 e. The summed E-state index contributed by atoms with van der Waals surface area (Å²) in [5.74, 6) is 1.58. The predicted molar refractivity (Wildman–Crippen MR) is 96.3 cm³/mol. The number of piperidine rings is 1. The number of rotatable bonds is 4. The van der Waals surface area contributed by atoms with Crippen LogP contribution in [0.3, 0.4) is 0 Å². The van der Waals surface area contributed by atoms with Gasteiger partial charge in [0.05, 0.1) is 17.9 Å². The van der Waals surface area contributed by atoms with Gasteiger partial charge in [-0.1, -0.05) is 51.1 Å². The van der Waals surface area contributed by atoms with E-state index in [1.165, 1.54) is 0 Å². The molecule has 0 bridgehead atoms. The van der Waals surface area contributed by atoms with E-state index in [1.54, 1.807) is 0 Å². The lowest BCUT2D eigenvalue weighted by Crippen LogP contribution is -2.42. The summed E-state index contributed by atoms with van der Waals surface area (Å²) in [5.41, 5.74) is 2.14. The Kier molecular flexibility index (Phi) is 5.03. The molecule has 4 nitrogen and oxygen atoms in total. The summed E-state index contributed by atoms with van der Waals surface area (Å²) in [6.45, 7) is 7.10. The van der Waals surface area contributed by atoms with Crippen molar-refractivity contribution in [1.29, 1.82) is 0 Å². The van der Waals surface area contributed by atoms with Gasteiger partial charge in [-0.3, -0.25) is 4.79 Å². The second-order valence-electron chi connectivity index (χ2n) is 7.12. The quantitative estimate of drug-likeness (QED) is 0.904. The Balaban J connectivity index is 1.84. The third-order valence-corrected chi connectivity index (χ3v) is 5.17. The molecule has 1 fully saturated rings. The topological polar surface area (TPSA) is 49.0 Å². The standard InChI is InChI=1S/C20H27N3O/c1-14(2)15(3)20(24)23-12-8-7-11-18(23)19-21-13-17(22-19)16-9-5-4-6-10-16/h4-6,9-10,13-15,18H,7-8,11-12H2,1-3H3,(H,21,22). The van der Waals surface area contributed by atoms with Gasteiger partial charge in [0, 0.05) is 12.5 Å². The molecule has 0 radical (unpaired) electrons. The van der Waals surface area contributed by atoms with Gasteiger partial charge in [0.1, 0.15) is 5.82 Å². The van der Waals surface area contributed by atoms with Crippen molar-refractivity contribution in [2.45, 2.75) is 46.1 Å². The van der Waals surface area contributed by atoms with Crippen molar-refractivity contribution in [3.05, 3.63) is 42.4 Å². The molecule has 128 valence electrons. The number of amides is 1. The molecule has 2 unspecified atom stereocenters.